The topological polar surface area (TPSA) is 93.7 Å². The minimum Gasteiger partial charge on any atom is -0.484 e. The van der Waals surface area contributed by atoms with Crippen molar-refractivity contribution in [3.63, 3.8) is 0 Å². The predicted molar refractivity (Wildman–Crippen MR) is 97.3 cm³/mol. The highest BCUT2D eigenvalue weighted by atomic mass is 35.5. The lowest BCUT2D eigenvalue weighted by Gasteiger charge is -2.09. The number of esters is 1. The first-order chi connectivity index (χ1) is 12.3. The Morgan fingerprint density at radius 2 is 1.65 bits per heavy atom. The molecular weight excluding hydrogens is 380 g/mol. The summed E-state index contributed by atoms with van der Waals surface area (Å²) in [5, 5.41) is 0.552. The van der Waals surface area contributed by atoms with Crippen LogP contribution in [0, 0.1) is 13.8 Å². The molecule has 0 radical (unpaired) electrons. The highest BCUT2D eigenvalue weighted by molar-refractivity contribution is 7.12. The Kier molecular flexibility index (Phi) is 6.99. The normalized spacial score (nSPS) is 10.1. The zero-order valence-electron chi connectivity index (χ0n) is 14.1. The zero-order valence-corrected chi connectivity index (χ0v) is 15.7. The first-order valence-electron chi connectivity index (χ1n) is 7.55. The van der Waals surface area contributed by atoms with Crippen LogP contribution in [0.2, 0.25) is 5.02 Å². The van der Waals surface area contributed by atoms with Gasteiger partial charge in [0, 0.05) is 14.8 Å². The lowest BCUT2D eigenvalue weighted by atomic mass is 10.2. The molecule has 138 valence electrons. The van der Waals surface area contributed by atoms with Crippen molar-refractivity contribution in [2.45, 2.75) is 13.8 Å². The van der Waals surface area contributed by atoms with Crippen LogP contribution in [0.15, 0.2) is 30.3 Å². The number of aryl methyl sites for hydroxylation is 2. The largest absolute Gasteiger partial charge is 0.484 e. The van der Waals surface area contributed by atoms with E-state index < -0.39 is 24.4 Å². The number of nitrogens with one attached hydrogen (secondary N) is 2. The number of carbonyl (C=O) groups is 3. The standard InChI is InChI=1S/C17H17ClN2O5S/c1-10-7-14(11(2)26-10)17(23)25-9-16(22)20-19-15(21)8-24-13-5-3-12(18)4-6-13/h3-7H,8-9H2,1-2H3,(H,19,21)(H,20,22). The summed E-state index contributed by atoms with van der Waals surface area (Å²) in [7, 11) is 0. The number of hydrogen-bond donors (Lipinski definition) is 2. The molecule has 0 aliphatic carbocycles. The molecule has 1 aromatic heterocycles. The second kappa shape index (κ2) is 9.21. The number of ether oxygens (including phenoxy) is 2. The van der Waals surface area contributed by atoms with Gasteiger partial charge in [-0.1, -0.05) is 11.6 Å². The molecule has 0 aliphatic rings. The maximum Gasteiger partial charge on any atom is 0.339 e. The Hall–Kier alpha value is -2.58. The summed E-state index contributed by atoms with van der Waals surface area (Å²) in [6.45, 7) is 2.87. The molecule has 2 amide bonds. The number of rotatable bonds is 6. The fourth-order valence-electron chi connectivity index (χ4n) is 1.93. The maximum atomic E-state index is 11.9. The van der Waals surface area contributed by atoms with Crippen molar-refractivity contribution >= 4 is 40.7 Å². The van der Waals surface area contributed by atoms with Crippen LogP contribution >= 0.6 is 22.9 Å². The molecule has 9 heteroatoms. The van der Waals surface area contributed by atoms with E-state index in [0.29, 0.717) is 16.3 Å². The monoisotopic (exact) mass is 396 g/mol. The van der Waals surface area contributed by atoms with Crippen molar-refractivity contribution in [3.05, 3.63) is 50.7 Å². The van der Waals surface area contributed by atoms with Crippen molar-refractivity contribution in [1.29, 1.82) is 0 Å². The van der Waals surface area contributed by atoms with Gasteiger partial charge in [-0.05, 0) is 44.2 Å². The van der Waals surface area contributed by atoms with Gasteiger partial charge in [-0.25, -0.2) is 4.79 Å². The van der Waals surface area contributed by atoms with E-state index >= 15 is 0 Å². The summed E-state index contributed by atoms with van der Waals surface area (Å²) >= 11 is 7.21. The maximum absolute atomic E-state index is 11.9. The smallest absolute Gasteiger partial charge is 0.339 e. The number of thiophene rings is 1. The highest BCUT2D eigenvalue weighted by Crippen LogP contribution is 2.21. The van der Waals surface area contributed by atoms with Gasteiger partial charge in [0.1, 0.15) is 5.75 Å². The van der Waals surface area contributed by atoms with Crippen molar-refractivity contribution in [3.8, 4) is 5.75 Å². The SMILES string of the molecule is Cc1cc(C(=O)OCC(=O)NNC(=O)COc2ccc(Cl)cc2)c(C)s1. The van der Waals surface area contributed by atoms with Crippen LogP contribution in [0.3, 0.4) is 0 Å². The molecule has 0 saturated heterocycles. The summed E-state index contributed by atoms with van der Waals surface area (Å²) in [6.07, 6.45) is 0. The van der Waals surface area contributed by atoms with E-state index in [9.17, 15) is 14.4 Å². The summed E-state index contributed by atoms with van der Waals surface area (Å²) in [5.41, 5.74) is 4.74. The van der Waals surface area contributed by atoms with Gasteiger partial charge in [-0.15, -0.1) is 11.3 Å². The third-order valence-electron chi connectivity index (χ3n) is 3.12. The highest BCUT2D eigenvalue weighted by Gasteiger charge is 2.15. The lowest BCUT2D eigenvalue weighted by Crippen LogP contribution is -2.45. The van der Waals surface area contributed by atoms with Gasteiger partial charge in [0.2, 0.25) is 0 Å². The molecule has 26 heavy (non-hydrogen) atoms. The second-order valence-electron chi connectivity index (χ2n) is 5.24. The van der Waals surface area contributed by atoms with Crippen molar-refractivity contribution < 1.29 is 23.9 Å². The molecule has 2 N–H and O–H groups in total. The fourth-order valence-corrected chi connectivity index (χ4v) is 2.97. The van der Waals surface area contributed by atoms with E-state index in [4.69, 9.17) is 21.1 Å². The van der Waals surface area contributed by atoms with E-state index in [-0.39, 0.29) is 6.61 Å². The van der Waals surface area contributed by atoms with Crippen LogP contribution in [0.1, 0.15) is 20.1 Å². The van der Waals surface area contributed by atoms with Gasteiger partial charge in [-0.2, -0.15) is 0 Å². The first kappa shape index (κ1) is 19.7. The van der Waals surface area contributed by atoms with Gasteiger partial charge >= 0.3 is 5.97 Å². The minimum absolute atomic E-state index is 0.297. The number of halogens is 1. The van der Waals surface area contributed by atoms with Crippen LogP contribution in [-0.4, -0.2) is 31.0 Å². The predicted octanol–water partition coefficient (Wildman–Crippen LogP) is 2.40. The zero-order chi connectivity index (χ0) is 19.1. The molecule has 7 nitrogen and oxygen atoms in total. The van der Waals surface area contributed by atoms with Crippen LogP contribution in [0.25, 0.3) is 0 Å². The van der Waals surface area contributed by atoms with E-state index in [0.717, 1.165) is 9.75 Å². The molecular formula is C17H17ClN2O5S. The Balaban J connectivity index is 1.67. The van der Waals surface area contributed by atoms with Crippen LogP contribution in [-0.2, 0) is 14.3 Å². The molecule has 0 aliphatic heterocycles. The van der Waals surface area contributed by atoms with Gasteiger partial charge in [0.15, 0.2) is 13.2 Å². The van der Waals surface area contributed by atoms with E-state index in [1.807, 2.05) is 6.92 Å². The molecule has 0 bridgehead atoms. The number of hydrogen-bond acceptors (Lipinski definition) is 6. The average Bonchev–Trinajstić information content (AvgIpc) is 2.95. The van der Waals surface area contributed by atoms with Gasteiger partial charge < -0.3 is 9.47 Å². The number of benzene rings is 1. The van der Waals surface area contributed by atoms with Gasteiger partial charge in [0.05, 0.1) is 5.56 Å². The third kappa shape index (κ3) is 6.05. The van der Waals surface area contributed by atoms with E-state index in [2.05, 4.69) is 10.9 Å². The van der Waals surface area contributed by atoms with Gasteiger partial charge in [0.25, 0.3) is 11.8 Å². The minimum atomic E-state index is -0.664. The summed E-state index contributed by atoms with van der Waals surface area (Å²) in [5.74, 6) is -1.35. The Labute approximate surface area is 159 Å². The number of amides is 2. The molecule has 1 heterocycles. The Morgan fingerprint density at radius 1 is 1.04 bits per heavy atom. The molecule has 0 fully saturated rings. The molecule has 0 saturated carbocycles. The lowest BCUT2D eigenvalue weighted by molar-refractivity contribution is -0.131. The van der Waals surface area contributed by atoms with E-state index in [1.54, 1.807) is 37.3 Å². The van der Waals surface area contributed by atoms with Gasteiger partial charge in [-0.3, -0.25) is 20.4 Å². The number of carbonyl (C=O) groups excluding carboxylic acids is 3. The molecule has 0 atom stereocenters. The molecule has 2 aromatic rings. The quantitative estimate of drug-likeness (QED) is 0.577. The van der Waals surface area contributed by atoms with Crippen LogP contribution < -0.4 is 15.6 Å². The van der Waals surface area contributed by atoms with E-state index in [1.165, 1.54) is 11.3 Å². The second-order valence-corrected chi connectivity index (χ2v) is 7.14. The van der Waals surface area contributed by atoms with Crippen molar-refractivity contribution in [2.75, 3.05) is 13.2 Å². The number of hydrazine groups is 1. The average molecular weight is 397 g/mol. The van der Waals surface area contributed by atoms with Crippen LogP contribution in [0.5, 0.6) is 5.75 Å². The van der Waals surface area contributed by atoms with Crippen LogP contribution in [0.4, 0.5) is 0 Å². The summed E-state index contributed by atoms with van der Waals surface area (Å²) in [6, 6.07) is 8.18. The molecule has 2 rings (SSSR count). The van der Waals surface area contributed by atoms with Crippen molar-refractivity contribution in [1.82, 2.24) is 10.9 Å². The molecule has 0 unspecified atom stereocenters. The third-order valence-corrected chi connectivity index (χ3v) is 4.34. The molecule has 0 spiro atoms. The Bertz CT molecular complexity index is 804. The van der Waals surface area contributed by atoms with Crippen molar-refractivity contribution in [2.24, 2.45) is 0 Å². The first-order valence-corrected chi connectivity index (χ1v) is 8.75. The fraction of sp³-hybridized carbons (Fsp3) is 0.235. The summed E-state index contributed by atoms with van der Waals surface area (Å²) in [4.78, 5) is 36.9. The Morgan fingerprint density at radius 3 is 2.23 bits per heavy atom. The summed E-state index contributed by atoms with van der Waals surface area (Å²) < 4.78 is 10.1. The molecule has 1 aromatic carbocycles.